The van der Waals surface area contributed by atoms with Crippen molar-refractivity contribution in [1.82, 2.24) is 16.0 Å². The zero-order valence-corrected chi connectivity index (χ0v) is 73.2. The summed E-state index contributed by atoms with van der Waals surface area (Å²) in [5.74, 6) is -15.8. The number of amides is 3. The van der Waals surface area contributed by atoms with Gasteiger partial charge in [0.1, 0.15) is 103 Å². The Kier molecular flexibility index (Phi) is 52.2. The summed E-state index contributed by atoms with van der Waals surface area (Å²) < 4.78 is 60.3. The number of aliphatic carboxylic acids is 2. The molecule has 0 aromatic carbocycles. The first-order valence-corrected chi connectivity index (χ1v) is 45.8. The van der Waals surface area contributed by atoms with Gasteiger partial charge in [0.25, 0.3) is 11.6 Å². The van der Waals surface area contributed by atoms with Gasteiger partial charge in [0.15, 0.2) is 18.9 Å². The Morgan fingerprint density at radius 3 is 1.27 bits per heavy atom. The number of hydrogen-bond donors (Lipinski definition) is 21. The molecule has 5 saturated heterocycles. The number of Topliss-reactive ketones (excluding diaryl/α,β-unsaturated/α-hetero) is 1. The second-order valence-electron chi connectivity index (χ2n) is 34.6. The third-order valence-corrected chi connectivity index (χ3v) is 24.4. The SMILES string of the molecule is CCCCCCCCCCCCCCCCCCCCCCCCC(=O)NC(COC1OC(CO)C(OC2OC(CO)C(OC3OC(CO)C(O)C(O)C3CC(C)=O)C(OC3(C(=O)O)CC(O)C(NC(C)=O)C(C(O)C(CO)OC4(C(=O)O)CC(O)C(NC(C)=O)C(C(O)C(O)CO)O4)O3)C2O)C(O)C1O)C(O)CCCCCCCCCCCCCCC. The number of ether oxygens (including phenoxy) is 10. The number of carbonyl (C=O) groups is 6. The highest BCUT2D eigenvalue weighted by molar-refractivity contribution is 5.78. The van der Waals surface area contributed by atoms with Crippen LogP contribution in [0, 0.1) is 5.92 Å². The van der Waals surface area contributed by atoms with Crippen molar-refractivity contribution >= 4 is 35.4 Å². The van der Waals surface area contributed by atoms with Crippen molar-refractivity contribution in [2.45, 2.75) is 462 Å². The molecule has 3 amide bonds. The third-order valence-electron chi connectivity index (χ3n) is 24.4. The van der Waals surface area contributed by atoms with Gasteiger partial charge in [-0.05, 0) is 19.8 Å². The smallest absolute Gasteiger partial charge is 0.364 e. The molecule has 5 rings (SSSR count). The molecule has 0 aromatic heterocycles. The number of carboxylic acid groups (broad SMARTS) is 2. The van der Waals surface area contributed by atoms with Crippen LogP contribution in [0.2, 0.25) is 0 Å². The fourth-order valence-electron chi connectivity index (χ4n) is 17.2. The van der Waals surface area contributed by atoms with Gasteiger partial charge in [0.05, 0.1) is 82.2 Å². The first kappa shape index (κ1) is 110. The Bertz CT molecular complexity index is 2940. The van der Waals surface area contributed by atoms with Gasteiger partial charge in [0, 0.05) is 45.4 Å². The van der Waals surface area contributed by atoms with E-state index < -0.39 is 265 Å². The van der Waals surface area contributed by atoms with Gasteiger partial charge in [-0.15, -0.1) is 0 Å². The lowest BCUT2D eigenvalue weighted by atomic mass is 9.86. The average Bonchev–Trinajstić information content (AvgIpc) is 0.743. The van der Waals surface area contributed by atoms with Gasteiger partial charge in [-0.3, -0.25) is 14.4 Å². The number of ketones is 1. The lowest BCUT2D eigenvalue weighted by molar-refractivity contribution is -0.404. The van der Waals surface area contributed by atoms with E-state index in [0.717, 1.165) is 85.0 Å². The molecule has 718 valence electrons. The lowest BCUT2D eigenvalue weighted by Crippen LogP contribution is -2.72. The van der Waals surface area contributed by atoms with Crippen molar-refractivity contribution < 1.29 is 168 Å². The summed E-state index contributed by atoms with van der Waals surface area (Å²) in [7, 11) is 0. The number of nitrogens with one attached hydrogen (secondary N) is 3. The summed E-state index contributed by atoms with van der Waals surface area (Å²) >= 11 is 0. The third kappa shape index (κ3) is 35.3. The van der Waals surface area contributed by atoms with Gasteiger partial charge in [-0.25, -0.2) is 9.59 Å². The van der Waals surface area contributed by atoms with Crippen LogP contribution < -0.4 is 16.0 Å². The molecule has 0 saturated carbocycles. The molecule has 21 N–H and O–H groups in total. The van der Waals surface area contributed by atoms with E-state index in [1.165, 1.54) is 148 Å². The van der Waals surface area contributed by atoms with Crippen LogP contribution in [0.15, 0.2) is 0 Å². The molecule has 0 bridgehead atoms. The molecule has 0 aliphatic carbocycles. The van der Waals surface area contributed by atoms with Crippen LogP contribution in [-0.2, 0) is 76.1 Å². The number of hydrogen-bond acceptors (Lipinski definition) is 32. The normalized spacial score (nSPS) is 32.1. The fraction of sp³-hybridized carbons (Fsp3) is 0.930. The minimum atomic E-state index is -3.57. The molecule has 29 atom stereocenters. The Hall–Kier alpha value is -4.02. The van der Waals surface area contributed by atoms with Crippen molar-refractivity contribution in [2.24, 2.45) is 5.92 Å². The van der Waals surface area contributed by atoms with Crippen molar-refractivity contribution in [3.63, 3.8) is 0 Å². The first-order valence-electron chi connectivity index (χ1n) is 45.8. The predicted octanol–water partition coefficient (Wildman–Crippen LogP) is 2.35. The molecular formula is C86H155N3O34. The predicted molar refractivity (Wildman–Crippen MR) is 441 cm³/mol. The van der Waals surface area contributed by atoms with Crippen LogP contribution in [-0.4, -0.2) is 338 Å². The molecule has 5 heterocycles. The minimum Gasteiger partial charge on any atom is -0.477 e. The van der Waals surface area contributed by atoms with Crippen molar-refractivity contribution in [3.8, 4) is 0 Å². The largest absolute Gasteiger partial charge is 0.477 e. The van der Waals surface area contributed by atoms with E-state index in [4.69, 9.17) is 47.4 Å². The van der Waals surface area contributed by atoms with Gasteiger partial charge < -0.3 is 160 Å². The second kappa shape index (κ2) is 58.6. The highest BCUT2D eigenvalue weighted by atomic mass is 16.8. The van der Waals surface area contributed by atoms with Gasteiger partial charge in [0.2, 0.25) is 17.7 Å². The molecule has 5 aliphatic rings. The van der Waals surface area contributed by atoms with E-state index in [9.17, 15) is 121 Å². The van der Waals surface area contributed by atoms with Crippen LogP contribution in [0.3, 0.4) is 0 Å². The molecular weight excluding hydrogens is 1620 g/mol. The van der Waals surface area contributed by atoms with Crippen LogP contribution in [0.1, 0.15) is 291 Å². The van der Waals surface area contributed by atoms with Crippen LogP contribution >= 0.6 is 0 Å². The van der Waals surface area contributed by atoms with E-state index >= 15 is 0 Å². The molecule has 37 heteroatoms. The first-order chi connectivity index (χ1) is 58.8. The summed E-state index contributed by atoms with van der Waals surface area (Å²) in [6, 6.07) is -4.87. The van der Waals surface area contributed by atoms with E-state index in [1.54, 1.807) is 0 Å². The summed E-state index contributed by atoms with van der Waals surface area (Å²) in [4.78, 5) is 79.4. The van der Waals surface area contributed by atoms with E-state index in [2.05, 4.69) is 29.8 Å². The number of aliphatic hydroxyl groups is 16. The molecule has 0 aromatic rings. The minimum absolute atomic E-state index is 0.140. The molecule has 0 spiro atoms. The molecule has 29 unspecified atom stereocenters. The van der Waals surface area contributed by atoms with Crippen molar-refractivity contribution in [2.75, 3.05) is 39.6 Å². The number of carboxylic acids is 2. The fourth-order valence-corrected chi connectivity index (χ4v) is 17.2. The maximum atomic E-state index is 14.2. The highest BCUT2D eigenvalue weighted by Crippen LogP contribution is 2.43. The molecule has 5 aliphatic heterocycles. The molecule has 0 radical (unpaired) electrons. The quantitative estimate of drug-likeness (QED) is 0.0389. The number of unbranched alkanes of at least 4 members (excludes halogenated alkanes) is 33. The molecule has 123 heavy (non-hydrogen) atoms. The van der Waals surface area contributed by atoms with Crippen molar-refractivity contribution in [1.29, 1.82) is 0 Å². The zero-order valence-electron chi connectivity index (χ0n) is 73.2. The van der Waals surface area contributed by atoms with Crippen molar-refractivity contribution in [3.05, 3.63) is 0 Å². The van der Waals surface area contributed by atoms with Gasteiger partial charge in [-0.1, -0.05) is 232 Å². The topological polar surface area (TPSA) is 595 Å². The maximum absolute atomic E-state index is 14.2. The number of aliphatic hydroxyl groups excluding tert-OH is 16. The Morgan fingerprint density at radius 1 is 0.431 bits per heavy atom. The van der Waals surface area contributed by atoms with E-state index in [0.29, 0.717) is 12.8 Å². The number of carbonyl (C=O) groups excluding carboxylic acids is 4. The van der Waals surface area contributed by atoms with E-state index in [1.807, 2.05) is 0 Å². The Morgan fingerprint density at radius 2 is 0.837 bits per heavy atom. The highest BCUT2D eigenvalue weighted by Gasteiger charge is 2.64. The van der Waals surface area contributed by atoms with E-state index in [-0.39, 0.29) is 18.7 Å². The van der Waals surface area contributed by atoms with Crippen LogP contribution in [0.25, 0.3) is 0 Å². The molecule has 37 nitrogen and oxygen atoms in total. The average molecular weight is 1780 g/mol. The number of rotatable bonds is 65. The van der Waals surface area contributed by atoms with Crippen LogP contribution in [0.5, 0.6) is 0 Å². The van der Waals surface area contributed by atoms with Gasteiger partial charge in [-0.2, -0.15) is 0 Å². The lowest BCUT2D eigenvalue weighted by Gasteiger charge is -2.52. The van der Waals surface area contributed by atoms with Gasteiger partial charge >= 0.3 is 11.9 Å². The second-order valence-corrected chi connectivity index (χ2v) is 34.6. The van der Waals surface area contributed by atoms with Crippen LogP contribution in [0.4, 0.5) is 0 Å². The zero-order chi connectivity index (χ0) is 90.8. The maximum Gasteiger partial charge on any atom is 0.364 e. The Balaban J connectivity index is 1.37. The summed E-state index contributed by atoms with van der Waals surface area (Å²) in [6.45, 7) is 0.838. The molecule has 5 fully saturated rings. The Labute approximate surface area is 724 Å². The summed E-state index contributed by atoms with van der Waals surface area (Å²) in [5.41, 5.74) is 0. The summed E-state index contributed by atoms with van der Waals surface area (Å²) in [6.07, 6.45) is -11.3. The standard InChI is InChI=1S/C86H155N3O34/c1-6-8-10-12-14-16-18-20-21-22-23-24-25-26-27-28-30-32-34-36-38-40-42-65(102)89-56(57(98)41-39-37-35-33-31-29-19-17-15-13-11-9-7-2)51-114-81-73(108)72(107)75(63(49-93)116-81)118-82-74(109)79(76(64(50-94)117-82)119-80-55(43-52(3)95)68(103)70(105)61(47-91)115-80)123-86(84(112)113)45-59(100)67(88-54(5)97)78(122-86)71(106)62(48-92)120-85(83(110)111)44-58(99)66(87-53(4)96)77(121-85)69(104)60(101)46-90/h55-64,66-82,90-94,98-101,103-109H,6-51H2,1-5H3,(H,87,96)(H,88,97)(H,89,102)(H,110,111)(H,112,113). The monoisotopic (exact) mass is 1770 g/mol. The summed E-state index contributed by atoms with van der Waals surface area (Å²) in [5, 5.41) is 211.